The van der Waals surface area contributed by atoms with E-state index in [4.69, 9.17) is 0 Å². The molecule has 3 rings (SSSR count). The van der Waals surface area contributed by atoms with E-state index in [0.29, 0.717) is 11.6 Å². The number of carbonyl (C=O) groups excluding carboxylic acids is 1. The molecule has 5 nitrogen and oxygen atoms in total. The van der Waals surface area contributed by atoms with Crippen LogP contribution in [0.5, 0.6) is 0 Å². The number of hydrogen-bond donors (Lipinski definition) is 2. The van der Waals surface area contributed by atoms with Crippen molar-refractivity contribution in [2.24, 2.45) is 0 Å². The van der Waals surface area contributed by atoms with Crippen molar-refractivity contribution < 1.29 is 4.79 Å². The van der Waals surface area contributed by atoms with Crippen LogP contribution >= 0.6 is 0 Å². The number of allylic oxidation sites excluding steroid dienone is 1. The lowest BCUT2D eigenvalue weighted by Crippen LogP contribution is -2.27. The van der Waals surface area contributed by atoms with Gasteiger partial charge in [-0.2, -0.15) is 0 Å². The van der Waals surface area contributed by atoms with E-state index in [-0.39, 0.29) is 11.9 Å². The van der Waals surface area contributed by atoms with E-state index < -0.39 is 0 Å². The van der Waals surface area contributed by atoms with Gasteiger partial charge in [-0.3, -0.25) is 4.79 Å². The zero-order valence-electron chi connectivity index (χ0n) is 15.2. The van der Waals surface area contributed by atoms with E-state index in [9.17, 15) is 4.79 Å². The van der Waals surface area contributed by atoms with Gasteiger partial charge in [-0.05, 0) is 50.7 Å². The lowest BCUT2D eigenvalue weighted by atomic mass is 9.97. The summed E-state index contributed by atoms with van der Waals surface area (Å²) in [4.78, 5) is 21.0. The second-order valence-corrected chi connectivity index (χ2v) is 6.66. The van der Waals surface area contributed by atoms with Crippen LogP contribution in [0.2, 0.25) is 0 Å². The highest BCUT2D eigenvalue weighted by molar-refractivity contribution is 5.92. The van der Waals surface area contributed by atoms with Gasteiger partial charge in [0.1, 0.15) is 5.69 Å². The van der Waals surface area contributed by atoms with Gasteiger partial charge in [0.15, 0.2) is 0 Å². The van der Waals surface area contributed by atoms with Crippen LogP contribution in [0, 0.1) is 0 Å². The van der Waals surface area contributed by atoms with E-state index in [2.05, 4.69) is 26.7 Å². The molecular weight excluding hydrogens is 324 g/mol. The van der Waals surface area contributed by atoms with Crippen LogP contribution in [0.25, 0.3) is 0 Å². The average molecular weight is 350 g/mol. The SMILES string of the molecule is CC(NC(=O)c1ccnc(NCCC2=CCCCC2)n1)c1ccccc1. The van der Waals surface area contributed by atoms with Crippen molar-refractivity contribution in [2.75, 3.05) is 11.9 Å². The third kappa shape index (κ3) is 5.15. The number of benzene rings is 1. The largest absolute Gasteiger partial charge is 0.354 e. The summed E-state index contributed by atoms with van der Waals surface area (Å²) in [5.74, 6) is 0.309. The molecule has 26 heavy (non-hydrogen) atoms. The van der Waals surface area contributed by atoms with Crippen LogP contribution in [0.15, 0.2) is 54.2 Å². The molecule has 0 aliphatic heterocycles. The van der Waals surface area contributed by atoms with Gasteiger partial charge in [0.2, 0.25) is 5.95 Å². The number of rotatable bonds is 7. The smallest absolute Gasteiger partial charge is 0.270 e. The Bertz CT molecular complexity index is 758. The fourth-order valence-electron chi connectivity index (χ4n) is 3.13. The molecule has 0 radical (unpaired) electrons. The van der Waals surface area contributed by atoms with E-state index in [1.807, 2.05) is 37.3 Å². The Kier molecular flexibility index (Phi) is 6.36. The second-order valence-electron chi connectivity index (χ2n) is 6.66. The van der Waals surface area contributed by atoms with Crippen LogP contribution in [0.4, 0.5) is 5.95 Å². The third-order valence-electron chi connectivity index (χ3n) is 4.65. The fraction of sp³-hybridized carbons (Fsp3) is 0.381. The Labute approximate surface area is 155 Å². The van der Waals surface area contributed by atoms with E-state index in [1.54, 1.807) is 12.3 Å². The highest BCUT2D eigenvalue weighted by atomic mass is 16.1. The summed E-state index contributed by atoms with van der Waals surface area (Å²) in [6, 6.07) is 11.5. The van der Waals surface area contributed by atoms with Crippen molar-refractivity contribution in [3.63, 3.8) is 0 Å². The van der Waals surface area contributed by atoms with Gasteiger partial charge in [0.05, 0.1) is 6.04 Å². The summed E-state index contributed by atoms with van der Waals surface area (Å²) in [6.07, 6.45) is 9.96. The maximum absolute atomic E-state index is 12.5. The molecule has 1 aromatic carbocycles. The first-order chi connectivity index (χ1) is 12.7. The minimum Gasteiger partial charge on any atom is -0.354 e. The number of anilines is 1. The molecular formula is C21H26N4O. The number of amides is 1. The molecule has 1 amide bonds. The van der Waals surface area contributed by atoms with E-state index in [0.717, 1.165) is 18.5 Å². The highest BCUT2D eigenvalue weighted by Gasteiger charge is 2.13. The molecule has 1 aromatic heterocycles. The molecule has 0 saturated heterocycles. The summed E-state index contributed by atoms with van der Waals surface area (Å²) < 4.78 is 0. The molecule has 5 heteroatoms. The van der Waals surface area contributed by atoms with Crippen molar-refractivity contribution in [1.82, 2.24) is 15.3 Å². The van der Waals surface area contributed by atoms with E-state index in [1.165, 1.54) is 31.3 Å². The van der Waals surface area contributed by atoms with Crippen molar-refractivity contribution in [3.05, 3.63) is 65.5 Å². The molecule has 0 spiro atoms. The number of nitrogens with one attached hydrogen (secondary N) is 2. The molecule has 0 saturated carbocycles. The van der Waals surface area contributed by atoms with Gasteiger partial charge in [-0.15, -0.1) is 0 Å². The number of hydrogen-bond acceptors (Lipinski definition) is 4. The number of nitrogens with zero attached hydrogens (tertiary/aromatic N) is 2. The molecule has 2 aromatic rings. The van der Waals surface area contributed by atoms with Crippen molar-refractivity contribution >= 4 is 11.9 Å². The molecule has 1 atom stereocenters. The predicted molar refractivity (Wildman–Crippen MR) is 104 cm³/mol. The predicted octanol–water partition coefficient (Wildman–Crippen LogP) is 4.27. The lowest BCUT2D eigenvalue weighted by molar-refractivity contribution is 0.0935. The summed E-state index contributed by atoms with van der Waals surface area (Å²) >= 11 is 0. The van der Waals surface area contributed by atoms with Gasteiger partial charge < -0.3 is 10.6 Å². The summed E-state index contributed by atoms with van der Waals surface area (Å²) in [5, 5.41) is 6.21. The van der Waals surface area contributed by atoms with Gasteiger partial charge in [0.25, 0.3) is 5.91 Å². The van der Waals surface area contributed by atoms with Crippen LogP contribution in [-0.2, 0) is 0 Å². The molecule has 1 unspecified atom stereocenters. The summed E-state index contributed by atoms with van der Waals surface area (Å²) in [5.41, 5.74) is 2.95. The Morgan fingerprint density at radius 1 is 1.19 bits per heavy atom. The summed E-state index contributed by atoms with van der Waals surface area (Å²) in [7, 11) is 0. The normalized spacial score (nSPS) is 15.0. The van der Waals surface area contributed by atoms with Crippen molar-refractivity contribution in [2.45, 2.75) is 45.1 Å². The molecule has 136 valence electrons. The maximum atomic E-state index is 12.5. The zero-order valence-corrected chi connectivity index (χ0v) is 15.2. The second kappa shape index (κ2) is 9.13. The van der Waals surface area contributed by atoms with Crippen molar-refractivity contribution in [3.8, 4) is 0 Å². The minimum absolute atomic E-state index is 0.0756. The van der Waals surface area contributed by atoms with Gasteiger partial charge >= 0.3 is 0 Å². The first-order valence-corrected chi connectivity index (χ1v) is 9.33. The summed E-state index contributed by atoms with van der Waals surface area (Å²) in [6.45, 7) is 2.75. The van der Waals surface area contributed by atoms with E-state index >= 15 is 0 Å². The van der Waals surface area contributed by atoms with Crippen molar-refractivity contribution in [1.29, 1.82) is 0 Å². The van der Waals surface area contributed by atoms with Gasteiger partial charge in [-0.25, -0.2) is 9.97 Å². The molecule has 0 bridgehead atoms. The molecule has 1 aliphatic rings. The van der Waals surface area contributed by atoms with Gasteiger partial charge in [0, 0.05) is 12.7 Å². The van der Waals surface area contributed by atoms with Crippen LogP contribution in [0.1, 0.15) is 61.1 Å². The average Bonchev–Trinajstić information content (AvgIpc) is 2.69. The highest BCUT2D eigenvalue weighted by Crippen LogP contribution is 2.19. The Balaban J connectivity index is 1.54. The maximum Gasteiger partial charge on any atom is 0.270 e. The Hall–Kier alpha value is -2.69. The molecule has 1 heterocycles. The van der Waals surface area contributed by atoms with Crippen LogP contribution in [0.3, 0.4) is 0 Å². The first-order valence-electron chi connectivity index (χ1n) is 9.33. The quantitative estimate of drug-likeness (QED) is 0.732. The minimum atomic E-state index is -0.193. The number of carbonyl (C=O) groups is 1. The van der Waals surface area contributed by atoms with Crippen LogP contribution in [-0.4, -0.2) is 22.4 Å². The van der Waals surface area contributed by atoms with Gasteiger partial charge in [-0.1, -0.05) is 42.0 Å². The lowest BCUT2D eigenvalue weighted by Gasteiger charge is -2.14. The topological polar surface area (TPSA) is 66.9 Å². The first kappa shape index (κ1) is 18.1. The monoisotopic (exact) mass is 350 g/mol. The number of aromatic nitrogens is 2. The Morgan fingerprint density at radius 3 is 2.81 bits per heavy atom. The molecule has 1 aliphatic carbocycles. The third-order valence-corrected chi connectivity index (χ3v) is 4.65. The zero-order chi connectivity index (χ0) is 18.2. The van der Waals surface area contributed by atoms with Crippen LogP contribution < -0.4 is 10.6 Å². The fourth-order valence-corrected chi connectivity index (χ4v) is 3.13. The Morgan fingerprint density at radius 2 is 2.04 bits per heavy atom. The molecule has 2 N–H and O–H groups in total. The standard InChI is InChI=1S/C21H26N4O/c1-16(18-10-6-3-7-11-18)24-20(26)19-13-15-23-21(25-19)22-14-12-17-8-4-2-5-9-17/h3,6-8,10-11,13,15-16H,2,4-5,9,12,14H2,1H3,(H,24,26)(H,22,23,25). The molecule has 0 fully saturated rings.